The van der Waals surface area contributed by atoms with Crippen LogP contribution in [0.3, 0.4) is 0 Å². The van der Waals surface area contributed by atoms with Gasteiger partial charge in [-0.25, -0.2) is 4.98 Å². The van der Waals surface area contributed by atoms with Crippen LogP contribution in [0.4, 0.5) is 5.82 Å². The van der Waals surface area contributed by atoms with Gasteiger partial charge < -0.3 is 24.4 Å². The smallest absolute Gasteiger partial charge is 0.258 e. The van der Waals surface area contributed by atoms with Gasteiger partial charge in [-0.15, -0.1) is 0 Å². The van der Waals surface area contributed by atoms with Gasteiger partial charge in [-0.05, 0) is 19.1 Å². The van der Waals surface area contributed by atoms with Crippen LogP contribution in [0.25, 0.3) is 0 Å². The number of halogens is 1. The third kappa shape index (κ3) is 5.97. The van der Waals surface area contributed by atoms with E-state index in [1.165, 1.54) is 0 Å². The van der Waals surface area contributed by atoms with Gasteiger partial charge in [0.25, 0.3) is 5.91 Å². The molecular formula is C19H23ClN4O4. The molecule has 2 aromatic rings. The monoisotopic (exact) mass is 406 g/mol. The highest BCUT2D eigenvalue weighted by molar-refractivity contribution is 6.32. The van der Waals surface area contributed by atoms with Gasteiger partial charge in [0.15, 0.2) is 6.61 Å². The number of hydrogen-bond donors (Lipinski definition) is 1. The fourth-order valence-corrected chi connectivity index (χ4v) is 2.85. The lowest BCUT2D eigenvalue weighted by atomic mass is 10.3. The Bertz CT molecular complexity index is 799. The fourth-order valence-electron chi connectivity index (χ4n) is 2.66. The largest absolute Gasteiger partial charge is 0.482 e. The molecule has 3 rings (SSSR count). The van der Waals surface area contributed by atoms with Gasteiger partial charge in [-0.2, -0.15) is 4.98 Å². The molecule has 1 N–H and O–H groups in total. The lowest BCUT2D eigenvalue weighted by Crippen LogP contribution is -2.37. The van der Waals surface area contributed by atoms with Gasteiger partial charge in [-0.3, -0.25) is 4.79 Å². The normalized spacial score (nSPS) is 13.9. The molecule has 1 aliphatic heterocycles. The maximum absolute atomic E-state index is 11.9. The van der Waals surface area contributed by atoms with Gasteiger partial charge in [0.1, 0.15) is 24.0 Å². The molecule has 0 aliphatic carbocycles. The number of aromatic nitrogens is 2. The Morgan fingerprint density at radius 1 is 1.25 bits per heavy atom. The number of ether oxygens (including phenoxy) is 3. The highest BCUT2D eigenvalue weighted by atomic mass is 35.5. The minimum Gasteiger partial charge on any atom is -0.482 e. The number of nitrogens with one attached hydrogen (secondary N) is 1. The second kappa shape index (κ2) is 10.1. The topological polar surface area (TPSA) is 85.8 Å². The molecule has 0 spiro atoms. The molecule has 8 nitrogen and oxygen atoms in total. The van der Waals surface area contributed by atoms with Crippen molar-refractivity contribution in [3.8, 4) is 11.6 Å². The molecular weight excluding hydrogens is 384 g/mol. The predicted molar refractivity (Wildman–Crippen MR) is 105 cm³/mol. The zero-order chi connectivity index (χ0) is 19.8. The Hall–Kier alpha value is -2.58. The van der Waals surface area contributed by atoms with Crippen molar-refractivity contribution in [2.45, 2.75) is 6.92 Å². The fraction of sp³-hybridized carbons (Fsp3) is 0.421. The second-order valence-electron chi connectivity index (χ2n) is 6.13. The molecule has 1 fully saturated rings. The van der Waals surface area contributed by atoms with Crippen LogP contribution in [0.15, 0.2) is 30.3 Å². The number of carbonyl (C=O) groups excluding carboxylic acids is 1. The van der Waals surface area contributed by atoms with Gasteiger partial charge in [0, 0.05) is 19.2 Å². The van der Waals surface area contributed by atoms with Crippen molar-refractivity contribution in [2.75, 3.05) is 51.0 Å². The maximum atomic E-state index is 11.9. The maximum Gasteiger partial charge on any atom is 0.258 e. The van der Waals surface area contributed by atoms with Crippen molar-refractivity contribution in [3.05, 3.63) is 41.2 Å². The third-order valence-corrected chi connectivity index (χ3v) is 4.32. The van der Waals surface area contributed by atoms with Crippen molar-refractivity contribution >= 4 is 23.3 Å². The number of rotatable bonds is 8. The lowest BCUT2D eigenvalue weighted by molar-refractivity contribution is -0.123. The molecule has 0 bridgehead atoms. The van der Waals surface area contributed by atoms with E-state index in [0.29, 0.717) is 42.2 Å². The summed E-state index contributed by atoms with van der Waals surface area (Å²) in [6, 6.07) is 8.81. The predicted octanol–water partition coefficient (Wildman–Crippen LogP) is 1.85. The van der Waals surface area contributed by atoms with Crippen LogP contribution in [-0.2, 0) is 9.53 Å². The van der Waals surface area contributed by atoms with Crippen molar-refractivity contribution in [1.82, 2.24) is 15.3 Å². The van der Waals surface area contributed by atoms with Crippen LogP contribution < -0.4 is 19.7 Å². The summed E-state index contributed by atoms with van der Waals surface area (Å²) in [6.45, 7) is 5.28. The molecule has 1 aliphatic rings. The Morgan fingerprint density at radius 2 is 2.04 bits per heavy atom. The minimum absolute atomic E-state index is 0.114. The second-order valence-corrected chi connectivity index (χ2v) is 6.54. The molecule has 0 saturated carbocycles. The number of morpholine rings is 1. The van der Waals surface area contributed by atoms with E-state index in [-0.39, 0.29) is 19.1 Å². The number of anilines is 1. The summed E-state index contributed by atoms with van der Waals surface area (Å²) in [5, 5.41) is 3.20. The number of para-hydroxylation sites is 1. The van der Waals surface area contributed by atoms with E-state index in [1.807, 2.05) is 6.92 Å². The van der Waals surface area contributed by atoms with E-state index in [0.717, 1.165) is 18.9 Å². The first-order chi connectivity index (χ1) is 13.6. The molecule has 1 aromatic carbocycles. The van der Waals surface area contributed by atoms with Crippen LogP contribution in [0.2, 0.25) is 5.02 Å². The average molecular weight is 407 g/mol. The summed E-state index contributed by atoms with van der Waals surface area (Å²) in [5.41, 5.74) is 0. The summed E-state index contributed by atoms with van der Waals surface area (Å²) in [6.07, 6.45) is 0. The quantitative estimate of drug-likeness (QED) is 0.669. The molecule has 150 valence electrons. The van der Waals surface area contributed by atoms with Crippen molar-refractivity contribution < 1.29 is 19.0 Å². The van der Waals surface area contributed by atoms with Crippen molar-refractivity contribution in [1.29, 1.82) is 0 Å². The SMILES string of the molecule is Cc1nc(OCCNC(=O)COc2ccccc2Cl)cc(N2CCOCC2)n1. The minimum atomic E-state index is -0.253. The van der Waals surface area contributed by atoms with Crippen LogP contribution in [0.1, 0.15) is 5.82 Å². The summed E-state index contributed by atoms with van der Waals surface area (Å²) in [4.78, 5) is 22.8. The van der Waals surface area contributed by atoms with Crippen molar-refractivity contribution in [2.24, 2.45) is 0 Å². The van der Waals surface area contributed by atoms with E-state index in [2.05, 4.69) is 20.2 Å². The highest BCUT2D eigenvalue weighted by Gasteiger charge is 2.14. The zero-order valence-corrected chi connectivity index (χ0v) is 16.4. The van der Waals surface area contributed by atoms with Crippen LogP contribution >= 0.6 is 11.6 Å². The molecule has 9 heteroatoms. The Balaban J connectivity index is 1.41. The molecule has 28 heavy (non-hydrogen) atoms. The number of benzene rings is 1. The first kappa shape index (κ1) is 20.2. The molecule has 0 atom stereocenters. The highest BCUT2D eigenvalue weighted by Crippen LogP contribution is 2.22. The molecule has 1 amide bonds. The first-order valence-corrected chi connectivity index (χ1v) is 9.45. The number of amides is 1. The average Bonchev–Trinajstić information content (AvgIpc) is 2.71. The number of hydrogen-bond acceptors (Lipinski definition) is 7. The summed E-state index contributed by atoms with van der Waals surface area (Å²) in [7, 11) is 0. The van der Waals surface area contributed by atoms with Gasteiger partial charge >= 0.3 is 0 Å². The van der Waals surface area contributed by atoms with E-state index >= 15 is 0 Å². The van der Waals surface area contributed by atoms with Gasteiger partial charge in [0.2, 0.25) is 5.88 Å². The van der Waals surface area contributed by atoms with E-state index in [9.17, 15) is 4.79 Å². The van der Waals surface area contributed by atoms with E-state index < -0.39 is 0 Å². The number of nitrogens with zero attached hydrogens (tertiary/aromatic N) is 3. The van der Waals surface area contributed by atoms with Crippen molar-refractivity contribution in [3.63, 3.8) is 0 Å². The molecule has 0 radical (unpaired) electrons. The van der Waals surface area contributed by atoms with Gasteiger partial charge in [-0.1, -0.05) is 23.7 Å². The standard InChI is InChI=1S/C19H23ClN4O4/c1-14-22-17(24-7-10-26-11-8-24)12-19(23-14)27-9-6-21-18(25)13-28-16-5-3-2-4-15(16)20/h2-5,12H,6-11,13H2,1H3,(H,21,25). The third-order valence-electron chi connectivity index (χ3n) is 4.01. The first-order valence-electron chi connectivity index (χ1n) is 9.07. The van der Waals surface area contributed by atoms with Crippen LogP contribution in [-0.4, -0.2) is 61.9 Å². The summed E-state index contributed by atoms with van der Waals surface area (Å²) >= 11 is 5.98. The molecule has 0 unspecified atom stereocenters. The van der Waals surface area contributed by atoms with Crippen LogP contribution in [0, 0.1) is 6.92 Å². The van der Waals surface area contributed by atoms with E-state index in [4.69, 9.17) is 25.8 Å². The Morgan fingerprint density at radius 3 is 2.82 bits per heavy atom. The molecule has 1 aromatic heterocycles. The summed E-state index contributed by atoms with van der Waals surface area (Å²) < 4.78 is 16.4. The number of aryl methyl sites for hydroxylation is 1. The zero-order valence-electron chi connectivity index (χ0n) is 15.7. The lowest BCUT2D eigenvalue weighted by Gasteiger charge is -2.28. The molecule has 1 saturated heterocycles. The Kier molecular flexibility index (Phi) is 7.27. The number of carbonyl (C=O) groups is 1. The molecule has 2 heterocycles. The van der Waals surface area contributed by atoms with Crippen LogP contribution in [0.5, 0.6) is 11.6 Å². The Labute approximate surface area is 168 Å². The summed E-state index contributed by atoms with van der Waals surface area (Å²) in [5.74, 6) is 2.16. The van der Waals surface area contributed by atoms with Gasteiger partial charge in [0.05, 0.1) is 24.8 Å². The van der Waals surface area contributed by atoms with E-state index in [1.54, 1.807) is 30.3 Å².